The average molecular weight is 201 g/mol. The van der Waals surface area contributed by atoms with Gasteiger partial charge in [0.05, 0.1) is 6.54 Å². The molecule has 0 aromatic rings. The zero-order chi connectivity index (χ0) is 10.6. The van der Waals surface area contributed by atoms with Gasteiger partial charge in [-0.3, -0.25) is 9.69 Å². The maximum atomic E-state index is 11.3. The second-order valence-corrected chi connectivity index (χ2v) is 3.82. The van der Waals surface area contributed by atoms with Gasteiger partial charge >= 0.3 is 0 Å². The zero-order valence-corrected chi connectivity index (χ0v) is 8.86. The van der Waals surface area contributed by atoms with Crippen molar-refractivity contribution < 1.29 is 9.90 Å². The molecule has 1 fully saturated rings. The predicted molar refractivity (Wildman–Crippen MR) is 53.8 cm³/mol. The lowest BCUT2D eigenvalue weighted by Crippen LogP contribution is -2.49. The van der Waals surface area contributed by atoms with Crippen LogP contribution in [0.1, 0.15) is 6.92 Å². The van der Waals surface area contributed by atoms with Gasteiger partial charge in [-0.2, -0.15) is 0 Å². The highest BCUT2D eigenvalue weighted by atomic mass is 16.3. The van der Waals surface area contributed by atoms with Crippen LogP contribution in [0, 0.1) is 0 Å². The van der Waals surface area contributed by atoms with Crippen LogP contribution in [-0.2, 0) is 4.79 Å². The van der Waals surface area contributed by atoms with Gasteiger partial charge in [0.1, 0.15) is 6.23 Å². The van der Waals surface area contributed by atoms with Gasteiger partial charge in [-0.1, -0.05) is 0 Å². The summed E-state index contributed by atoms with van der Waals surface area (Å²) >= 11 is 0. The first-order valence-electron chi connectivity index (χ1n) is 4.96. The Bertz CT molecular complexity index is 188. The number of piperazine rings is 1. The summed E-state index contributed by atoms with van der Waals surface area (Å²) in [7, 11) is 2.08. The van der Waals surface area contributed by atoms with Gasteiger partial charge in [-0.05, 0) is 14.0 Å². The van der Waals surface area contributed by atoms with Crippen molar-refractivity contribution in [3.05, 3.63) is 0 Å². The van der Waals surface area contributed by atoms with E-state index in [1.54, 1.807) is 6.92 Å². The maximum absolute atomic E-state index is 11.3. The van der Waals surface area contributed by atoms with Gasteiger partial charge in [0, 0.05) is 26.2 Å². The fourth-order valence-corrected chi connectivity index (χ4v) is 1.49. The Morgan fingerprint density at radius 1 is 1.43 bits per heavy atom. The van der Waals surface area contributed by atoms with Gasteiger partial charge < -0.3 is 15.3 Å². The Hall–Kier alpha value is -0.650. The summed E-state index contributed by atoms with van der Waals surface area (Å²) in [6, 6.07) is 0. The van der Waals surface area contributed by atoms with E-state index < -0.39 is 6.23 Å². The van der Waals surface area contributed by atoms with Crippen molar-refractivity contribution in [2.75, 3.05) is 39.8 Å². The summed E-state index contributed by atoms with van der Waals surface area (Å²) in [5.74, 6) is -0.107. The van der Waals surface area contributed by atoms with E-state index in [0.29, 0.717) is 6.54 Å². The van der Waals surface area contributed by atoms with Crippen molar-refractivity contribution in [3.63, 3.8) is 0 Å². The highest BCUT2D eigenvalue weighted by molar-refractivity contribution is 5.78. The summed E-state index contributed by atoms with van der Waals surface area (Å²) in [6.07, 6.45) is -0.755. The summed E-state index contributed by atoms with van der Waals surface area (Å²) in [5.41, 5.74) is 0. The number of hydrogen-bond acceptors (Lipinski definition) is 4. The van der Waals surface area contributed by atoms with Crippen LogP contribution in [0.5, 0.6) is 0 Å². The van der Waals surface area contributed by atoms with E-state index in [2.05, 4.69) is 22.2 Å². The Kier molecular flexibility index (Phi) is 4.31. The van der Waals surface area contributed by atoms with Crippen LogP contribution >= 0.6 is 0 Å². The lowest BCUT2D eigenvalue weighted by atomic mass is 10.3. The third kappa shape index (κ3) is 4.04. The highest BCUT2D eigenvalue weighted by Gasteiger charge is 2.16. The van der Waals surface area contributed by atoms with E-state index in [1.807, 2.05) is 0 Å². The lowest BCUT2D eigenvalue weighted by molar-refractivity contribution is -0.125. The van der Waals surface area contributed by atoms with Crippen LogP contribution in [0.4, 0.5) is 0 Å². The Labute approximate surface area is 84.7 Å². The Balaban J connectivity index is 2.20. The molecule has 1 unspecified atom stereocenters. The molecule has 1 atom stereocenters. The van der Waals surface area contributed by atoms with Crippen LogP contribution in [0.25, 0.3) is 0 Å². The smallest absolute Gasteiger partial charge is 0.236 e. The molecular weight excluding hydrogens is 182 g/mol. The number of aliphatic hydroxyl groups is 1. The standard InChI is InChI=1S/C9H19N3O2/c1-8(13)10-9(14)7-12-5-3-11(2)4-6-12/h8,13H,3-7H2,1-2H3,(H,10,14). The van der Waals surface area contributed by atoms with Gasteiger partial charge in [0.2, 0.25) is 5.91 Å². The number of aliphatic hydroxyl groups excluding tert-OH is 1. The van der Waals surface area contributed by atoms with E-state index >= 15 is 0 Å². The number of rotatable bonds is 3. The molecule has 1 aliphatic heterocycles. The zero-order valence-electron chi connectivity index (χ0n) is 8.86. The SMILES string of the molecule is CC(O)NC(=O)CN1CCN(C)CC1. The molecule has 2 N–H and O–H groups in total. The van der Waals surface area contributed by atoms with Gasteiger partial charge in [-0.15, -0.1) is 0 Å². The van der Waals surface area contributed by atoms with Crippen LogP contribution in [0.3, 0.4) is 0 Å². The minimum Gasteiger partial charge on any atom is -0.374 e. The van der Waals surface area contributed by atoms with Crippen molar-refractivity contribution in [1.29, 1.82) is 0 Å². The number of carbonyl (C=O) groups excluding carboxylic acids is 1. The second-order valence-electron chi connectivity index (χ2n) is 3.82. The van der Waals surface area contributed by atoms with E-state index in [4.69, 9.17) is 5.11 Å². The first-order valence-corrected chi connectivity index (χ1v) is 4.96. The number of nitrogens with zero attached hydrogens (tertiary/aromatic N) is 2. The highest BCUT2D eigenvalue weighted by Crippen LogP contribution is 1.97. The minimum absolute atomic E-state index is 0.107. The average Bonchev–Trinajstić information content (AvgIpc) is 2.07. The molecule has 1 amide bonds. The third-order valence-electron chi connectivity index (χ3n) is 2.33. The molecule has 0 aromatic carbocycles. The molecule has 14 heavy (non-hydrogen) atoms. The molecular formula is C9H19N3O2. The number of nitrogens with one attached hydrogen (secondary N) is 1. The molecule has 5 heteroatoms. The largest absolute Gasteiger partial charge is 0.374 e. The van der Waals surface area contributed by atoms with Crippen molar-refractivity contribution in [2.24, 2.45) is 0 Å². The van der Waals surface area contributed by atoms with E-state index in [1.165, 1.54) is 0 Å². The summed E-state index contributed by atoms with van der Waals surface area (Å²) in [4.78, 5) is 15.6. The van der Waals surface area contributed by atoms with Crippen LogP contribution < -0.4 is 5.32 Å². The number of likely N-dealkylation sites (N-methyl/N-ethyl adjacent to an activating group) is 1. The quantitative estimate of drug-likeness (QED) is 0.557. The van der Waals surface area contributed by atoms with Crippen LogP contribution in [0.15, 0.2) is 0 Å². The molecule has 82 valence electrons. The molecule has 1 saturated heterocycles. The maximum Gasteiger partial charge on any atom is 0.236 e. The Morgan fingerprint density at radius 3 is 2.50 bits per heavy atom. The van der Waals surface area contributed by atoms with E-state index in [9.17, 15) is 4.79 Å². The van der Waals surface area contributed by atoms with Crippen LogP contribution in [-0.4, -0.2) is 66.8 Å². The molecule has 1 rings (SSSR count). The number of hydrogen-bond donors (Lipinski definition) is 2. The van der Waals surface area contributed by atoms with E-state index in [0.717, 1.165) is 26.2 Å². The topological polar surface area (TPSA) is 55.8 Å². The summed E-state index contributed by atoms with van der Waals surface area (Å²) in [5, 5.41) is 11.4. The summed E-state index contributed by atoms with van der Waals surface area (Å²) < 4.78 is 0. The molecule has 0 radical (unpaired) electrons. The minimum atomic E-state index is -0.755. The van der Waals surface area contributed by atoms with E-state index in [-0.39, 0.29) is 5.91 Å². The molecule has 0 saturated carbocycles. The first-order chi connectivity index (χ1) is 6.58. The molecule has 0 spiro atoms. The normalized spacial score (nSPS) is 21.9. The number of amides is 1. The molecule has 0 aliphatic carbocycles. The molecule has 0 bridgehead atoms. The van der Waals surface area contributed by atoms with Crippen molar-refractivity contribution >= 4 is 5.91 Å². The van der Waals surface area contributed by atoms with Crippen molar-refractivity contribution in [3.8, 4) is 0 Å². The fourth-order valence-electron chi connectivity index (χ4n) is 1.49. The van der Waals surface area contributed by atoms with Crippen LogP contribution in [0.2, 0.25) is 0 Å². The monoisotopic (exact) mass is 201 g/mol. The Morgan fingerprint density at radius 2 is 2.00 bits per heavy atom. The summed E-state index contributed by atoms with van der Waals surface area (Å²) in [6.45, 7) is 5.78. The van der Waals surface area contributed by atoms with Gasteiger partial charge in [0.25, 0.3) is 0 Å². The lowest BCUT2D eigenvalue weighted by Gasteiger charge is -2.31. The van der Waals surface area contributed by atoms with Gasteiger partial charge in [0.15, 0.2) is 0 Å². The predicted octanol–water partition coefficient (Wildman–Crippen LogP) is -1.31. The first kappa shape index (κ1) is 11.4. The molecule has 5 nitrogen and oxygen atoms in total. The van der Waals surface area contributed by atoms with Gasteiger partial charge in [-0.25, -0.2) is 0 Å². The molecule has 1 heterocycles. The third-order valence-corrected chi connectivity index (χ3v) is 2.33. The second kappa shape index (κ2) is 5.29. The molecule has 0 aromatic heterocycles. The van der Waals surface area contributed by atoms with Crippen molar-refractivity contribution in [2.45, 2.75) is 13.2 Å². The number of carbonyl (C=O) groups is 1. The van der Waals surface area contributed by atoms with Crippen molar-refractivity contribution in [1.82, 2.24) is 15.1 Å². The molecule has 1 aliphatic rings. The fraction of sp³-hybridized carbons (Fsp3) is 0.889.